The van der Waals surface area contributed by atoms with Crippen molar-refractivity contribution in [1.82, 2.24) is 9.97 Å². The van der Waals surface area contributed by atoms with Gasteiger partial charge >= 0.3 is 5.97 Å². The molecule has 2 aromatic heterocycles. The van der Waals surface area contributed by atoms with Gasteiger partial charge in [-0.1, -0.05) is 0 Å². The van der Waals surface area contributed by atoms with Gasteiger partial charge in [-0.05, 0) is 31.2 Å². The van der Waals surface area contributed by atoms with E-state index in [2.05, 4.69) is 15.3 Å². The quantitative estimate of drug-likeness (QED) is 0.850. The molecule has 116 valence electrons. The van der Waals surface area contributed by atoms with Crippen LogP contribution < -0.4 is 5.32 Å². The van der Waals surface area contributed by atoms with E-state index in [1.54, 1.807) is 11.4 Å². The van der Waals surface area contributed by atoms with Crippen LogP contribution in [0.2, 0.25) is 0 Å². The topological polar surface area (TPSA) is 84.1 Å². The number of rotatable bonds is 3. The Hall–Kier alpha value is -2.15. The number of anilines is 1. The number of aromatic amines is 1. The molecule has 0 fully saturated rings. The first-order valence-corrected chi connectivity index (χ1v) is 7.97. The average Bonchev–Trinajstić information content (AvgIpc) is 3.10. The molecule has 2 heterocycles. The van der Waals surface area contributed by atoms with E-state index in [1.165, 1.54) is 18.4 Å². The van der Waals surface area contributed by atoms with Crippen LogP contribution in [0.5, 0.6) is 0 Å². The second-order valence-electron chi connectivity index (χ2n) is 5.33. The summed E-state index contributed by atoms with van der Waals surface area (Å²) in [5, 5.41) is 4.61. The molecule has 1 amide bonds. The molecule has 0 radical (unpaired) electrons. The minimum atomic E-state index is -0.430. The highest BCUT2D eigenvalue weighted by atomic mass is 32.1. The molecule has 1 aliphatic carbocycles. The molecule has 0 spiro atoms. The molecule has 0 saturated carbocycles. The number of carbonyl (C=O) groups excluding carboxylic acids is 2. The van der Waals surface area contributed by atoms with Crippen LogP contribution in [-0.2, 0) is 22.4 Å². The third kappa shape index (κ3) is 2.76. The first-order chi connectivity index (χ1) is 10.6. The van der Waals surface area contributed by atoms with Gasteiger partial charge in [0.15, 0.2) is 0 Å². The van der Waals surface area contributed by atoms with Crippen molar-refractivity contribution in [2.24, 2.45) is 5.92 Å². The van der Waals surface area contributed by atoms with Crippen molar-refractivity contribution >= 4 is 28.9 Å². The Balaban J connectivity index is 1.71. The maximum absolute atomic E-state index is 12.5. The summed E-state index contributed by atoms with van der Waals surface area (Å²) in [6.45, 7) is 1.92. The second kappa shape index (κ2) is 5.92. The zero-order valence-corrected chi connectivity index (χ0v) is 13.3. The number of thiophene rings is 1. The van der Waals surface area contributed by atoms with Crippen LogP contribution in [0, 0.1) is 12.8 Å². The fourth-order valence-electron chi connectivity index (χ4n) is 2.74. The number of ether oxygens (including phenoxy) is 1. The molecular weight excluding hydrogens is 302 g/mol. The standard InChI is InChI=1S/C15H17N3O3S/c1-8-16-10-4-3-9(7-12(10)17-8)14(19)18-11-5-6-22-13(11)15(20)21-2/h5-6,9H,3-4,7H2,1-2H3,(H,16,17)(H,18,19). The van der Waals surface area contributed by atoms with E-state index >= 15 is 0 Å². The van der Waals surface area contributed by atoms with Gasteiger partial charge in [-0.25, -0.2) is 9.78 Å². The number of hydrogen-bond donors (Lipinski definition) is 2. The lowest BCUT2D eigenvalue weighted by Gasteiger charge is -2.20. The molecule has 22 heavy (non-hydrogen) atoms. The molecule has 6 nitrogen and oxygen atoms in total. The summed E-state index contributed by atoms with van der Waals surface area (Å²) >= 11 is 1.26. The van der Waals surface area contributed by atoms with Crippen LogP contribution in [0.15, 0.2) is 11.4 Å². The zero-order valence-electron chi connectivity index (χ0n) is 12.4. The van der Waals surface area contributed by atoms with Crippen molar-refractivity contribution < 1.29 is 14.3 Å². The maximum atomic E-state index is 12.5. The Bertz CT molecular complexity index is 719. The highest BCUT2D eigenvalue weighted by Gasteiger charge is 2.28. The van der Waals surface area contributed by atoms with Crippen molar-refractivity contribution in [2.75, 3.05) is 12.4 Å². The van der Waals surface area contributed by atoms with E-state index in [1.807, 2.05) is 6.92 Å². The van der Waals surface area contributed by atoms with Crippen molar-refractivity contribution in [3.63, 3.8) is 0 Å². The van der Waals surface area contributed by atoms with E-state index in [9.17, 15) is 9.59 Å². The molecule has 0 aromatic carbocycles. The molecule has 0 aliphatic heterocycles. The minimum Gasteiger partial charge on any atom is -0.465 e. The van der Waals surface area contributed by atoms with Gasteiger partial charge in [-0.15, -0.1) is 11.3 Å². The summed E-state index contributed by atoms with van der Waals surface area (Å²) in [5.74, 6) is 0.275. The van der Waals surface area contributed by atoms with Crippen molar-refractivity contribution in [3.8, 4) is 0 Å². The Morgan fingerprint density at radius 3 is 3.09 bits per heavy atom. The average molecular weight is 319 g/mol. The van der Waals surface area contributed by atoms with Crippen LogP contribution in [0.1, 0.15) is 33.3 Å². The number of fused-ring (bicyclic) bond motifs is 1. The molecule has 1 unspecified atom stereocenters. The van der Waals surface area contributed by atoms with Crippen LogP contribution in [0.4, 0.5) is 5.69 Å². The summed E-state index contributed by atoms with van der Waals surface area (Å²) < 4.78 is 4.72. The van der Waals surface area contributed by atoms with Gasteiger partial charge in [-0.3, -0.25) is 4.79 Å². The molecule has 0 bridgehead atoms. The summed E-state index contributed by atoms with van der Waals surface area (Å²) in [6, 6.07) is 1.73. The van der Waals surface area contributed by atoms with Crippen LogP contribution in [0.25, 0.3) is 0 Å². The maximum Gasteiger partial charge on any atom is 0.350 e. The summed E-state index contributed by atoms with van der Waals surface area (Å²) in [4.78, 5) is 32.2. The number of hydrogen-bond acceptors (Lipinski definition) is 5. The van der Waals surface area contributed by atoms with Crippen LogP contribution in [-0.4, -0.2) is 29.0 Å². The number of nitrogens with one attached hydrogen (secondary N) is 2. The molecule has 2 N–H and O–H groups in total. The van der Waals surface area contributed by atoms with Crippen molar-refractivity contribution in [1.29, 1.82) is 0 Å². The van der Waals surface area contributed by atoms with E-state index in [0.29, 0.717) is 17.0 Å². The Labute approximate surface area is 131 Å². The highest BCUT2D eigenvalue weighted by molar-refractivity contribution is 7.12. The van der Waals surface area contributed by atoms with E-state index in [0.717, 1.165) is 30.1 Å². The number of H-pyrrole nitrogens is 1. The predicted octanol–water partition coefficient (Wildman–Crippen LogP) is 2.31. The largest absolute Gasteiger partial charge is 0.465 e. The Kier molecular flexibility index (Phi) is 3.98. The summed E-state index contributed by atoms with van der Waals surface area (Å²) in [7, 11) is 1.33. The second-order valence-corrected chi connectivity index (χ2v) is 6.25. The highest BCUT2D eigenvalue weighted by Crippen LogP contribution is 2.27. The van der Waals surface area contributed by atoms with E-state index < -0.39 is 5.97 Å². The van der Waals surface area contributed by atoms with Crippen molar-refractivity contribution in [2.45, 2.75) is 26.2 Å². The lowest BCUT2D eigenvalue weighted by molar-refractivity contribution is -0.120. The third-order valence-electron chi connectivity index (χ3n) is 3.83. The number of imidazole rings is 1. The van der Waals surface area contributed by atoms with Gasteiger partial charge in [0.05, 0.1) is 18.5 Å². The SMILES string of the molecule is COC(=O)c1sccc1NC(=O)C1CCc2nc(C)[nH]c2C1. The third-order valence-corrected chi connectivity index (χ3v) is 4.72. The number of amides is 1. The molecule has 1 atom stereocenters. The Morgan fingerprint density at radius 2 is 2.32 bits per heavy atom. The fourth-order valence-corrected chi connectivity index (χ4v) is 3.51. The molecule has 7 heteroatoms. The van der Waals surface area contributed by atoms with Gasteiger partial charge < -0.3 is 15.0 Å². The molecule has 3 rings (SSSR count). The number of carbonyl (C=O) groups is 2. The molecule has 1 aliphatic rings. The molecular formula is C15H17N3O3S. The van der Waals surface area contributed by atoms with Crippen LogP contribution in [0.3, 0.4) is 0 Å². The van der Waals surface area contributed by atoms with E-state index in [4.69, 9.17) is 4.74 Å². The lowest BCUT2D eigenvalue weighted by atomic mass is 9.89. The molecule has 2 aromatic rings. The smallest absolute Gasteiger partial charge is 0.350 e. The van der Waals surface area contributed by atoms with E-state index in [-0.39, 0.29) is 11.8 Å². The molecule has 0 saturated heterocycles. The van der Waals surface area contributed by atoms with Gasteiger partial charge in [0.25, 0.3) is 0 Å². The minimum absolute atomic E-state index is 0.0681. The number of aryl methyl sites for hydroxylation is 2. The number of nitrogens with zero attached hydrogens (tertiary/aromatic N) is 1. The monoisotopic (exact) mass is 319 g/mol. The van der Waals surface area contributed by atoms with Gasteiger partial charge in [-0.2, -0.15) is 0 Å². The van der Waals surface area contributed by atoms with Gasteiger partial charge in [0, 0.05) is 18.0 Å². The number of methoxy groups -OCH3 is 1. The Morgan fingerprint density at radius 1 is 1.50 bits per heavy atom. The first kappa shape index (κ1) is 14.8. The fraction of sp³-hybridized carbons (Fsp3) is 0.400. The lowest BCUT2D eigenvalue weighted by Crippen LogP contribution is -2.28. The van der Waals surface area contributed by atoms with Crippen LogP contribution >= 0.6 is 11.3 Å². The van der Waals surface area contributed by atoms with Gasteiger partial charge in [0.2, 0.25) is 5.91 Å². The summed E-state index contributed by atoms with van der Waals surface area (Å²) in [6.07, 6.45) is 2.21. The number of aromatic nitrogens is 2. The van der Waals surface area contributed by atoms with Crippen molar-refractivity contribution in [3.05, 3.63) is 33.5 Å². The zero-order chi connectivity index (χ0) is 15.7. The number of esters is 1. The predicted molar refractivity (Wildman–Crippen MR) is 83.1 cm³/mol. The normalized spacial score (nSPS) is 16.9. The van der Waals surface area contributed by atoms with Gasteiger partial charge in [0.1, 0.15) is 10.7 Å². The summed E-state index contributed by atoms with van der Waals surface area (Å²) in [5.41, 5.74) is 2.63. The first-order valence-electron chi connectivity index (χ1n) is 7.09.